The summed E-state index contributed by atoms with van der Waals surface area (Å²) in [5.41, 5.74) is 1.37. The third kappa shape index (κ3) is 10.8. The van der Waals surface area contributed by atoms with Gasteiger partial charge in [-0.25, -0.2) is 0 Å². The van der Waals surface area contributed by atoms with Gasteiger partial charge in [-0.3, -0.25) is 0 Å². The van der Waals surface area contributed by atoms with E-state index in [2.05, 4.69) is 26.8 Å². The van der Waals surface area contributed by atoms with Gasteiger partial charge >= 0.3 is 0 Å². The van der Waals surface area contributed by atoms with E-state index >= 15 is 0 Å². The van der Waals surface area contributed by atoms with Crippen LogP contribution in [0.4, 0.5) is 0 Å². The predicted octanol–water partition coefficient (Wildman–Crippen LogP) is 1.02. The van der Waals surface area contributed by atoms with E-state index in [0.29, 0.717) is 5.92 Å². The van der Waals surface area contributed by atoms with Crippen LogP contribution in [0.3, 0.4) is 0 Å². The lowest BCUT2D eigenvalue weighted by Gasteiger charge is -2.25. The summed E-state index contributed by atoms with van der Waals surface area (Å²) in [5, 5.41) is 19.0. The van der Waals surface area contributed by atoms with Crippen molar-refractivity contribution in [1.82, 2.24) is 0 Å². The zero-order valence-corrected chi connectivity index (χ0v) is 12.7. The first-order valence-corrected chi connectivity index (χ1v) is 7.14. The van der Waals surface area contributed by atoms with E-state index < -0.39 is 0 Å². The zero-order valence-electron chi connectivity index (χ0n) is 12.7. The van der Waals surface area contributed by atoms with Crippen LogP contribution in [-0.4, -0.2) is 42.1 Å². The van der Waals surface area contributed by atoms with E-state index in [9.17, 15) is 10.2 Å². The second-order valence-corrected chi connectivity index (χ2v) is 6.02. The predicted molar refractivity (Wildman–Crippen MR) is 76.8 cm³/mol. The van der Waals surface area contributed by atoms with Crippen LogP contribution < -0.4 is 4.90 Å². The number of nitrogens with one attached hydrogen (secondary N) is 1. The van der Waals surface area contributed by atoms with Crippen LogP contribution in [0.1, 0.15) is 47.5 Å². The van der Waals surface area contributed by atoms with Gasteiger partial charge in [0.05, 0.1) is 6.54 Å². The lowest BCUT2D eigenvalue weighted by Crippen LogP contribution is -3.14. The van der Waals surface area contributed by atoms with Crippen LogP contribution in [0.15, 0.2) is 11.6 Å². The van der Waals surface area contributed by atoms with Gasteiger partial charge < -0.3 is 15.1 Å². The highest BCUT2D eigenvalue weighted by Crippen LogP contribution is 2.05. The van der Waals surface area contributed by atoms with E-state index in [-0.39, 0.29) is 12.2 Å². The minimum Gasteiger partial charge on any atom is -0.388 e. The molecule has 4 atom stereocenters. The molecule has 0 aliphatic heterocycles. The first-order chi connectivity index (χ1) is 8.31. The van der Waals surface area contributed by atoms with Gasteiger partial charge in [0.1, 0.15) is 25.3 Å². The smallest absolute Gasteiger partial charge is 0.103 e. The molecule has 3 N–H and O–H groups in total. The van der Waals surface area contributed by atoms with Gasteiger partial charge in [0.25, 0.3) is 0 Å². The van der Waals surface area contributed by atoms with Gasteiger partial charge in [-0.2, -0.15) is 0 Å². The normalized spacial score (nSPS) is 17.9. The number of rotatable bonds is 9. The molecule has 0 aliphatic rings. The molecule has 3 nitrogen and oxygen atoms in total. The molecule has 0 aromatic carbocycles. The van der Waals surface area contributed by atoms with Gasteiger partial charge in [0.2, 0.25) is 0 Å². The van der Waals surface area contributed by atoms with E-state index in [4.69, 9.17) is 0 Å². The summed E-state index contributed by atoms with van der Waals surface area (Å²) in [6, 6.07) is 0. The summed E-state index contributed by atoms with van der Waals surface area (Å²) in [6.07, 6.45) is 3.97. The molecule has 0 saturated carbocycles. The number of allylic oxidation sites excluding steroid dienone is 2. The maximum Gasteiger partial charge on any atom is 0.103 e. The van der Waals surface area contributed by atoms with Crippen molar-refractivity contribution < 1.29 is 15.1 Å². The molecule has 0 aliphatic carbocycles. The number of quaternary nitrogens is 1. The highest BCUT2D eigenvalue weighted by Gasteiger charge is 2.17. The van der Waals surface area contributed by atoms with Gasteiger partial charge in [0, 0.05) is 5.92 Å². The van der Waals surface area contributed by atoms with Gasteiger partial charge in [-0.1, -0.05) is 18.6 Å². The van der Waals surface area contributed by atoms with E-state index in [0.717, 1.165) is 26.1 Å². The molecule has 0 fully saturated rings. The summed E-state index contributed by atoms with van der Waals surface area (Å²) in [7, 11) is 0. The van der Waals surface area contributed by atoms with Crippen molar-refractivity contribution in [2.75, 3.05) is 19.6 Å². The zero-order chi connectivity index (χ0) is 14.1. The highest BCUT2D eigenvalue weighted by molar-refractivity contribution is 4.92. The number of aliphatic hydroxyl groups excluding tert-OH is 2. The number of aliphatic hydroxyl groups is 2. The van der Waals surface area contributed by atoms with Crippen molar-refractivity contribution in [2.24, 2.45) is 5.92 Å². The minimum atomic E-state index is -0.302. The quantitative estimate of drug-likeness (QED) is 0.541. The molecule has 1 unspecified atom stereocenters. The molecule has 0 heterocycles. The van der Waals surface area contributed by atoms with E-state index in [1.54, 1.807) is 0 Å². The summed E-state index contributed by atoms with van der Waals surface area (Å²) in [6.45, 7) is 12.6. The molecule has 0 amide bonds. The molecular weight excluding hydrogens is 226 g/mol. The largest absolute Gasteiger partial charge is 0.388 e. The summed E-state index contributed by atoms with van der Waals surface area (Å²) in [5.74, 6) is 0.619. The molecule has 0 radical (unpaired) electrons. The molecular formula is C15H32NO2+. The lowest BCUT2D eigenvalue weighted by molar-refractivity contribution is -0.909. The summed E-state index contributed by atoms with van der Waals surface area (Å²) in [4.78, 5) is 1.30. The Morgan fingerprint density at radius 1 is 1.00 bits per heavy atom. The topological polar surface area (TPSA) is 44.9 Å². The van der Waals surface area contributed by atoms with Gasteiger partial charge in [-0.15, -0.1) is 0 Å². The maximum absolute atomic E-state index is 9.49. The Kier molecular flexibility index (Phi) is 9.34. The second-order valence-electron chi connectivity index (χ2n) is 6.02. The first-order valence-electron chi connectivity index (χ1n) is 7.14. The third-order valence-electron chi connectivity index (χ3n) is 3.02. The molecule has 0 spiro atoms. The summed E-state index contributed by atoms with van der Waals surface area (Å²) < 4.78 is 0. The Bertz CT molecular complexity index is 223. The average Bonchev–Trinajstić information content (AvgIpc) is 2.13. The van der Waals surface area contributed by atoms with Crippen LogP contribution >= 0.6 is 0 Å². The highest BCUT2D eigenvalue weighted by atomic mass is 16.3. The van der Waals surface area contributed by atoms with Crippen molar-refractivity contribution in [3.63, 3.8) is 0 Å². The van der Waals surface area contributed by atoms with Crippen LogP contribution in [0, 0.1) is 5.92 Å². The standard InChI is InChI=1S/C15H31NO2/c1-12(2)7-6-8-13(3)9-16(10-14(4)17)11-15(5)18/h7,13-15,17-18H,6,8-11H2,1-5H3/p+1/t13-,14-,15+/m0/s1. The molecule has 108 valence electrons. The van der Waals surface area contributed by atoms with Gasteiger partial charge in [0.15, 0.2) is 0 Å². The minimum absolute atomic E-state index is 0.302. The van der Waals surface area contributed by atoms with Crippen molar-refractivity contribution in [3.8, 4) is 0 Å². The third-order valence-corrected chi connectivity index (χ3v) is 3.02. The number of hydrogen-bond acceptors (Lipinski definition) is 2. The maximum atomic E-state index is 9.49. The first kappa shape index (κ1) is 17.6. The SMILES string of the molecule is CC(C)=CCC[C@H](C)C[NH+](C[C@H](C)O)C[C@@H](C)O. The molecule has 0 aromatic heterocycles. The van der Waals surface area contributed by atoms with Crippen LogP contribution in [0.25, 0.3) is 0 Å². The Balaban J connectivity index is 4.08. The molecule has 0 rings (SSSR count). The molecule has 0 saturated heterocycles. The Morgan fingerprint density at radius 2 is 1.50 bits per heavy atom. The Labute approximate surface area is 113 Å². The Morgan fingerprint density at radius 3 is 1.89 bits per heavy atom. The van der Waals surface area contributed by atoms with Crippen LogP contribution in [0.5, 0.6) is 0 Å². The van der Waals surface area contributed by atoms with Crippen molar-refractivity contribution in [2.45, 2.75) is 59.7 Å². The number of hydrogen-bond donors (Lipinski definition) is 3. The second kappa shape index (κ2) is 9.54. The lowest BCUT2D eigenvalue weighted by atomic mass is 10.0. The van der Waals surface area contributed by atoms with Gasteiger partial charge in [-0.05, 0) is 40.5 Å². The van der Waals surface area contributed by atoms with Crippen molar-refractivity contribution >= 4 is 0 Å². The average molecular weight is 258 g/mol. The molecule has 0 aromatic rings. The molecule has 18 heavy (non-hydrogen) atoms. The molecule has 3 heteroatoms. The fraction of sp³-hybridized carbons (Fsp3) is 0.867. The van der Waals surface area contributed by atoms with Crippen molar-refractivity contribution in [3.05, 3.63) is 11.6 Å². The fourth-order valence-electron chi connectivity index (χ4n) is 2.34. The fourth-order valence-corrected chi connectivity index (χ4v) is 2.34. The Hall–Kier alpha value is -0.380. The van der Waals surface area contributed by atoms with Crippen LogP contribution in [0.2, 0.25) is 0 Å². The molecule has 0 bridgehead atoms. The van der Waals surface area contributed by atoms with E-state index in [1.807, 2.05) is 13.8 Å². The summed E-state index contributed by atoms with van der Waals surface area (Å²) >= 11 is 0. The van der Waals surface area contributed by atoms with Crippen molar-refractivity contribution in [1.29, 1.82) is 0 Å². The monoisotopic (exact) mass is 258 g/mol. The van der Waals surface area contributed by atoms with E-state index in [1.165, 1.54) is 16.9 Å². The van der Waals surface area contributed by atoms with Crippen LogP contribution in [-0.2, 0) is 0 Å².